The molecule has 0 aromatic heterocycles. The van der Waals surface area contributed by atoms with Crippen LogP contribution < -0.4 is 10.5 Å². The van der Waals surface area contributed by atoms with Gasteiger partial charge in [0.05, 0.1) is 7.11 Å². The van der Waals surface area contributed by atoms with Crippen LogP contribution in [0.1, 0.15) is 44.2 Å². The molecule has 2 N–H and O–H groups in total. The monoisotopic (exact) mass is 285 g/mol. The van der Waals surface area contributed by atoms with Gasteiger partial charge in [-0.1, -0.05) is 48.2 Å². The summed E-state index contributed by atoms with van der Waals surface area (Å²) in [5.41, 5.74) is 7.32. The predicted octanol–water partition coefficient (Wildman–Crippen LogP) is 4.04. The lowest BCUT2D eigenvalue weighted by Gasteiger charge is -2.14. The number of unbranched alkanes of at least 4 members (excludes halogenated alkanes) is 2. The summed E-state index contributed by atoms with van der Waals surface area (Å²) in [7, 11) is 1.67. The molecule has 0 amide bonds. The van der Waals surface area contributed by atoms with Crippen LogP contribution in [0, 0.1) is 0 Å². The van der Waals surface area contributed by atoms with Crippen LogP contribution in [0.25, 0.3) is 0 Å². The molecule has 0 heterocycles. The number of hydrogen-bond acceptors (Lipinski definition) is 2. The molecule has 1 aromatic rings. The molecular weight excluding hydrogens is 266 g/mol. The molecule has 0 spiro atoms. The minimum Gasteiger partial charge on any atom is -0.497 e. The van der Waals surface area contributed by atoms with E-state index in [4.69, 9.17) is 10.5 Å². The Morgan fingerprint density at radius 2 is 2.12 bits per heavy atom. The van der Waals surface area contributed by atoms with Gasteiger partial charge in [0.15, 0.2) is 0 Å². The summed E-state index contributed by atoms with van der Waals surface area (Å²) in [6.07, 6.45) is 4.72. The van der Waals surface area contributed by atoms with E-state index in [1.807, 2.05) is 18.2 Å². The standard InChI is InChI=1S/C13H20BrNO/c1-3-4-5-6-13(15)11-8-7-10(16-2)9-12(11)14/h7-9,13H,3-6,15H2,1-2H3. The van der Waals surface area contributed by atoms with Crippen molar-refractivity contribution < 1.29 is 4.74 Å². The van der Waals surface area contributed by atoms with Gasteiger partial charge >= 0.3 is 0 Å². The zero-order chi connectivity index (χ0) is 12.0. The lowest BCUT2D eigenvalue weighted by Crippen LogP contribution is -2.10. The van der Waals surface area contributed by atoms with Crippen LogP contribution >= 0.6 is 15.9 Å². The maximum absolute atomic E-state index is 6.16. The maximum atomic E-state index is 6.16. The molecule has 0 aliphatic rings. The van der Waals surface area contributed by atoms with Gasteiger partial charge < -0.3 is 10.5 Å². The second-order valence-electron chi connectivity index (χ2n) is 3.99. The van der Waals surface area contributed by atoms with Crippen molar-refractivity contribution in [2.75, 3.05) is 7.11 Å². The smallest absolute Gasteiger partial charge is 0.120 e. The van der Waals surface area contributed by atoms with Gasteiger partial charge in [0.25, 0.3) is 0 Å². The van der Waals surface area contributed by atoms with Crippen molar-refractivity contribution in [1.29, 1.82) is 0 Å². The summed E-state index contributed by atoms with van der Waals surface area (Å²) in [4.78, 5) is 0. The first kappa shape index (κ1) is 13.5. The molecule has 0 fully saturated rings. The van der Waals surface area contributed by atoms with Crippen molar-refractivity contribution >= 4 is 15.9 Å². The normalized spacial score (nSPS) is 12.5. The third kappa shape index (κ3) is 3.80. The van der Waals surface area contributed by atoms with Crippen molar-refractivity contribution in [1.82, 2.24) is 0 Å². The van der Waals surface area contributed by atoms with E-state index in [2.05, 4.69) is 22.9 Å². The third-order valence-corrected chi connectivity index (χ3v) is 3.41. The Balaban J connectivity index is 2.64. The molecule has 1 atom stereocenters. The lowest BCUT2D eigenvalue weighted by atomic mass is 10.0. The summed E-state index contributed by atoms with van der Waals surface area (Å²) < 4.78 is 6.20. The number of hydrogen-bond donors (Lipinski definition) is 1. The summed E-state index contributed by atoms with van der Waals surface area (Å²) in [6, 6.07) is 6.08. The highest BCUT2D eigenvalue weighted by Crippen LogP contribution is 2.28. The van der Waals surface area contributed by atoms with E-state index in [1.54, 1.807) is 7.11 Å². The molecule has 0 radical (unpaired) electrons. The molecule has 1 aromatic carbocycles. The van der Waals surface area contributed by atoms with Gasteiger partial charge in [-0.25, -0.2) is 0 Å². The molecule has 16 heavy (non-hydrogen) atoms. The van der Waals surface area contributed by atoms with E-state index in [0.717, 1.165) is 22.2 Å². The third-order valence-electron chi connectivity index (χ3n) is 2.73. The predicted molar refractivity (Wildman–Crippen MR) is 71.8 cm³/mol. The number of rotatable bonds is 6. The van der Waals surface area contributed by atoms with E-state index in [1.165, 1.54) is 19.3 Å². The van der Waals surface area contributed by atoms with Gasteiger partial charge in [-0.2, -0.15) is 0 Å². The average molecular weight is 286 g/mol. The Hall–Kier alpha value is -0.540. The molecule has 0 saturated carbocycles. The summed E-state index contributed by atoms with van der Waals surface area (Å²) in [5.74, 6) is 0.858. The molecule has 3 heteroatoms. The average Bonchev–Trinajstić information content (AvgIpc) is 2.29. The molecule has 1 rings (SSSR count). The van der Waals surface area contributed by atoms with Crippen molar-refractivity contribution in [2.24, 2.45) is 5.73 Å². The summed E-state index contributed by atoms with van der Waals surface area (Å²) >= 11 is 3.54. The highest BCUT2D eigenvalue weighted by atomic mass is 79.9. The van der Waals surface area contributed by atoms with E-state index >= 15 is 0 Å². The number of nitrogens with two attached hydrogens (primary N) is 1. The molecule has 0 aliphatic heterocycles. The van der Waals surface area contributed by atoms with Gasteiger partial charge in [-0.05, 0) is 24.1 Å². The van der Waals surface area contributed by atoms with Crippen LogP contribution in [0.3, 0.4) is 0 Å². The van der Waals surface area contributed by atoms with Crippen LogP contribution in [0.2, 0.25) is 0 Å². The van der Waals surface area contributed by atoms with Crippen LogP contribution in [-0.2, 0) is 0 Å². The van der Waals surface area contributed by atoms with Gasteiger partial charge in [0, 0.05) is 10.5 Å². The first-order valence-corrected chi connectivity index (χ1v) is 6.57. The molecule has 90 valence electrons. The van der Waals surface area contributed by atoms with E-state index in [0.29, 0.717) is 0 Å². The first-order valence-electron chi connectivity index (χ1n) is 5.78. The number of methoxy groups -OCH3 is 1. The Morgan fingerprint density at radius 1 is 1.38 bits per heavy atom. The molecule has 0 aliphatic carbocycles. The Morgan fingerprint density at radius 3 is 2.69 bits per heavy atom. The summed E-state index contributed by atoms with van der Waals surface area (Å²) in [5, 5.41) is 0. The minimum absolute atomic E-state index is 0.117. The highest BCUT2D eigenvalue weighted by Gasteiger charge is 2.10. The van der Waals surface area contributed by atoms with Crippen LogP contribution in [0.15, 0.2) is 22.7 Å². The Labute approximate surface area is 106 Å². The number of halogens is 1. The molecule has 1 unspecified atom stereocenters. The zero-order valence-corrected chi connectivity index (χ0v) is 11.6. The van der Waals surface area contributed by atoms with Crippen molar-refractivity contribution in [3.8, 4) is 5.75 Å². The van der Waals surface area contributed by atoms with E-state index < -0.39 is 0 Å². The molecule has 0 saturated heterocycles. The second-order valence-corrected chi connectivity index (χ2v) is 4.84. The fourth-order valence-electron chi connectivity index (χ4n) is 1.71. The molecular formula is C13H20BrNO. The van der Waals surface area contributed by atoms with Crippen LogP contribution in [0.4, 0.5) is 0 Å². The largest absolute Gasteiger partial charge is 0.497 e. The summed E-state index contributed by atoms with van der Waals surface area (Å²) in [6.45, 7) is 2.20. The topological polar surface area (TPSA) is 35.2 Å². The fourth-order valence-corrected chi connectivity index (χ4v) is 2.36. The fraction of sp³-hybridized carbons (Fsp3) is 0.538. The Kier molecular flexibility index (Phi) is 5.85. The highest BCUT2D eigenvalue weighted by molar-refractivity contribution is 9.10. The maximum Gasteiger partial charge on any atom is 0.120 e. The Bertz CT molecular complexity index is 328. The van der Waals surface area contributed by atoms with Gasteiger partial charge in [-0.3, -0.25) is 0 Å². The van der Waals surface area contributed by atoms with E-state index in [9.17, 15) is 0 Å². The van der Waals surface area contributed by atoms with Crippen LogP contribution in [0.5, 0.6) is 5.75 Å². The van der Waals surface area contributed by atoms with Gasteiger partial charge in [-0.15, -0.1) is 0 Å². The molecule has 0 bridgehead atoms. The first-order chi connectivity index (χ1) is 7.69. The van der Waals surface area contributed by atoms with Gasteiger partial charge in [0.1, 0.15) is 5.75 Å². The number of benzene rings is 1. The van der Waals surface area contributed by atoms with E-state index in [-0.39, 0.29) is 6.04 Å². The molecule has 2 nitrogen and oxygen atoms in total. The van der Waals surface area contributed by atoms with Gasteiger partial charge in [0.2, 0.25) is 0 Å². The quantitative estimate of drug-likeness (QED) is 0.801. The minimum atomic E-state index is 0.117. The number of ether oxygens (including phenoxy) is 1. The SMILES string of the molecule is CCCCCC(N)c1ccc(OC)cc1Br. The van der Waals surface area contributed by atoms with Crippen molar-refractivity contribution in [2.45, 2.75) is 38.6 Å². The van der Waals surface area contributed by atoms with Crippen molar-refractivity contribution in [3.05, 3.63) is 28.2 Å². The zero-order valence-electron chi connectivity index (χ0n) is 10.0. The van der Waals surface area contributed by atoms with Crippen LogP contribution in [-0.4, -0.2) is 7.11 Å². The van der Waals surface area contributed by atoms with Crippen molar-refractivity contribution in [3.63, 3.8) is 0 Å². The second kappa shape index (κ2) is 6.92. The lowest BCUT2D eigenvalue weighted by molar-refractivity contribution is 0.414.